The third kappa shape index (κ3) is 35.5. The molecule has 1 atom stereocenters. The SMILES string of the molecule is CCCCCCCCCCCCCCCCCC(CCCCCCCCCCCCCCCCC)NC(=O)C(C)(CC)CC(C)(C)CCC(C)(C)OCCC(C)(C)OC. The van der Waals surface area contributed by atoms with Crippen molar-refractivity contribution >= 4 is 5.91 Å². The predicted octanol–water partition coefficient (Wildman–Crippen LogP) is 18.2. The maximum Gasteiger partial charge on any atom is 0.226 e. The molecule has 0 aliphatic carbocycles. The first-order valence-electron chi connectivity index (χ1n) is 26.7. The molecule has 0 spiro atoms. The first-order valence-corrected chi connectivity index (χ1v) is 26.7. The van der Waals surface area contributed by atoms with Crippen LogP contribution in [0.15, 0.2) is 0 Å². The Hall–Kier alpha value is -0.610. The van der Waals surface area contributed by atoms with Crippen molar-refractivity contribution in [2.24, 2.45) is 10.8 Å². The summed E-state index contributed by atoms with van der Waals surface area (Å²) >= 11 is 0. The second-order valence-corrected chi connectivity index (χ2v) is 21.7. The molecule has 0 aliphatic heterocycles. The van der Waals surface area contributed by atoms with E-state index in [0.717, 1.165) is 44.9 Å². The summed E-state index contributed by atoms with van der Waals surface area (Å²) in [7, 11) is 1.78. The maximum absolute atomic E-state index is 14.2. The van der Waals surface area contributed by atoms with Crippen LogP contribution in [0.5, 0.6) is 0 Å². The van der Waals surface area contributed by atoms with Crippen molar-refractivity contribution < 1.29 is 14.3 Å². The van der Waals surface area contributed by atoms with Crippen molar-refractivity contribution in [1.82, 2.24) is 5.32 Å². The van der Waals surface area contributed by atoms with Crippen molar-refractivity contribution in [3.8, 4) is 0 Å². The number of unbranched alkanes of at least 4 members (excludes halogenated alkanes) is 28. The van der Waals surface area contributed by atoms with Crippen molar-refractivity contribution in [1.29, 1.82) is 0 Å². The van der Waals surface area contributed by atoms with Gasteiger partial charge in [-0.05, 0) is 78.1 Å². The van der Waals surface area contributed by atoms with Crippen LogP contribution in [0.2, 0.25) is 0 Å². The molecule has 1 unspecified atom stereocenters. The third-order valence-electron chi connectivity index (χ3n) is 14.0. The van der Waals surface area contributed by atoms with E-state index in [0.29, 0.717) is 12.6 Å². The molecular weight excluding hydrogens is 723 g/mol. The van der Waals surface area contributed by atoms with Gasteiger partial charge in [0.15, 0.2) is 0 Å². The smallest absolute Gasteiger partial charge is 0.226 e. The van der Waals surface area contributed by atoms with Crippen LogP contribution in [0, 0.1) is 10.8 Å². The first-order chi connectivity index (χ1) is 28.2. The highest BCUT2D eigenvalue weighted by atomic mass is 16.5. The molecule has 0 heterocycles. The zero-order chi connectivity index (χ0) is 44.1. The fourth-order valence-corrected chi connectivity index (χ4v) is 9.07. The molecule has 0 bridgehead atoms. The lowest BCUT2D eigenvalue weighted by atomic mass is 9.69. The zero-order valence-corrected chi connectivity index (χ0v) is 42.7. The molecule has 0 aromatic carbocycles. The first kappa shape index (κ1) is 58.4. The number of nitrogens with one attached hydrogen (secondary N) is 1. The van der Waals surface area contributed by atoms with Gasteiger partial charge in [-0.3, -0.25) is 4.79 Å². The Morgan fingerprint density at radius 3 is 1.12 bits per heavy atom. The molecule has 1 amide bonds. The van der Waals surface area contributed by atoms with Gasteiger partial charge in [0.2, 0.25) is 5.91 Å². The summed E-state index contributed by atoms with van der Waals surface area (Å²) in [5.74, 6) is 0.289. The maximum atomic E-state index is 14.2. The minimum atomic E-state index is -0.362. The van der Waals surface area contributed by atoms with Gasteiger partial charge in [-0.15, -0.1) is 0 Å². The summed E-state index contributed by atoms with van der Waals surface area (Å²) < 4.78 is 12.0. The lowest BCUT2D eigenvalue weighted by Crippen LogP contribution is -2.46. The van der Waals surface area contributed by atoms with Gasteiger partial charge in [-0.2, -0.15) is 0 Å². The Bertz CT molecular complexity index is 893. The van der Waals surface area contributed by atoms with E-state index < -0.39 is 0 Å². The van der Waals surface area contributed by atoms with E-state index >= 15 is 0 Å². The molecule has 0 aromatic heterocycles. The minimum absolute atomic E-state index is 0.0481. The van der Waals surface area contributed by atoms with Gasteiger partial charge in [0.05, 0.1) is 17.8 Å². The van der Waals surface area contributed by atoms with E-state index in [1.54, 1.807) is 7.11 Å². The Morgan fingerprint density at radius 1 is 0.458 bits per heavy atom. The lowest BCUT2D eigenvalue weighted by Gasteiger charge is -2.39. The average Bonchev–Trinajstić information content (AvgIpc) is 3.19. The topological polar surface area (TPSA) is 47.6 Å². The van der Waals surface area contributed by atoms with E-state index in [-0.39, 0.29) is 27.9 Å². The molecule has 0 aliphatic rings. The highest BCUT2D eigenvalue weighted by Gasteiger charge is 2.39. The van der Waals surface area contributed by atoms with Gasteiger partial charge < -0.3 is 14.8 Å². The van der Waals surface area contributed by atoms with Crippen LogP contribution in [0.25, 0.3) is 0 Å². The van der Waals surface area contributed by atoms with Gasteiger partial charge in [0.1, 0.15) is 0 Å². The van der Waals surface area contributed by atoms with E-state index in [1.165, 1.54) is 193 Å². The quantitative estimate of drug-likeness (QED) is 0.0622. The van der Waals surface area contributed by atoms with Crippen molar-refractivity contribution in [3.05, 3.63) is 0 Å². The molecule has 0 aromatic rings. The number of ether oxygens (including phenoxy) is 2. The number of carbonyl (C=O) groups is 1. The van der Waals surface area contributed by atoms with Gasteiger partial charge in [-0.1, -0.05) is 234 Å². The van der Waals surface area contributed by atoms with Gasteiger partial charge in [-0.25, -0.2) is 0 Å². The number of amides is 1. The lowest BCUT2D eigenvalue weighted by molar-refractivity contribution is -0.133. The van der Waals surface area contributed by atoms with E-state index in [1.807, 2.05) is 0 Å². The molecule has 354 valence electrons. The van der Waals surface area contributed by atoms with Crippen molar-refractivity contribution in [3.63, 3.8) is 0 Å². The number of methoxy groups -OCH3 is 1. The Labute approximate surface area is 372 Å². The van der Waals surface area contributed by atoms with Gasteiger partial charge in [0, 0.05) is 18.6 Å². The van der Waals surface area contributed by atoms with Crippen LogP contribution >= 0.6 is 0 Å². The number of hydrogen-bond donors (Lipinski definition) is 1. The van der Waals surface area contributed by atoms with E-state index in [2.05, 4.69) is 74.6 Å². The normalized spacial score (nSPS) is 13.7. The number of carbonyl (C=O) groups excluding carboxylic acids is 1. The molecule has 1 N–H and O–H groups in total. The molecule has 4 nitrogen and oxygen atoms in total. The highest BCUT2D eigenvalue weighted by Crippen LogP contribution is 2.41. The third-order valence-corrected chi connectivity index (χ3v) is 14.0. The van der Waals surface area contributed by atoms with Crippen LogP contribution in [0.3, 0.4) is 0 Å². The van der Waals surface area contributed by atoms with Crippen LogP contribution in [-0.4, -0.2) is 36.9 Å². The number of hydrogen-bond acceptors (Lipinski definition) is 3. The zero-order valence-electron chi connectivity index (χ0n) is 42.7. The number of rotatable bonds is 45. The minimum Gasteiger partial charge on any atom is -0.379 e. The summed E-state index contributed by atoms with van der Waals surface area (Å²) in [5.41, 5.74) is -0.675. The van der Waals surface area contributed by atoms with Crippen LogP contribution in [0.4, 0.5) is 0 Å². The fourth-order valence-electron chi connectivity index (χ4n) is 9.07. The van der Waals surface area contributed by atoms with Crippen LogP contribution < -0.4 is 5.32 Å². The molecule has 59 heavy (non-hydrogen) atoms. The molecule has 0 rings (SSSR count). The predicted molar refractivity (Wildman–Crippen MR) is 263 cm³/mol. The summed E-state index contributed by atoms with van der Waals surface area (Å²) in [5, 5.41) is 3.67. The van der Waals surface area contributed by atoms with Gasteiger partial charge >= 0.3 is 0 Å². The molecule has 0 fully saturated rings. The molecular formula is C55H111NO3. The average molecular weight is 834 g/mol. The van der Waals surface area contributed by atoms with Crippen molar-refractivity contribution in [2.45, 2.75) is 324 Å². The molecule has 0 radical (unpaired) electrons. The Balaban J connectivity index is 4.87. The molecule has 0 saturated carbocycles. The monoisotopic (exact) mass is 834 g/mol. The largest absolute Gasteiger partial charge is 0.379 e. The Kier molecular flexibility index (Phi) is 36.5. The van der Waals surface area contributed by atoms with Crippen LogP contribution in [0.1, 0.15) is 307 Å². The highest BCUT2D eigenvalue weighted by molar-refractivity contribution is 5.82. The second kappa shape index (κ2) is 36.8. The van der Waals surface area contributed by atoms with Crippen molar-refractivity contribution in [2.75, 3.05) is 13.7 Å². The fraction of sp³-hybridized carbons (Fsp3) is 0.982. The summed E-state index contributed by atoms with van der Waals surface area (Å²) in [6.45, 7) is 23.2. The van der Waals surface area contributed by atoms with Gasteiger partial charge in [0.25, 0.3) is 0 Å². The molecule has 4 heteroatoms. The second-order valence-electron chi connectivity index (χ2n) is 21.7. The summed E-state index contributed by atoms with van der Waals surface area (Å²) in [6.07, 6.45) is 48.8. The Morgan fingerprint density at radius 2 is 0.797 bits per heavy atom. The summed E-state index contributed by atoms with van der Waals surface area (Å²) in [4.78, 5) is 14.2. The van der Waals surface area contributed by atoms with E-state index in [9.17, 15) is 4.79 Å². The van der Waals surface area contributed by atoms with Crippen LogP contribution in [-0.2, 0) is 14.3 Å². The van der Waals surface area contributed by atoms with E-state index in [4.69, 9.17) is 9.47 Å². The standard InChI is InChI=1S/C55H111NO3/c1-12-15-17-19-21-23-25-27-29-31-33-35-37-39-41-43-50(44-42-40-38-36-34-32-30-28-26-24-22-20-18-16-13-2)56-51(57)55(10,14-3)49-52(4,5)45-46-54(8,9)59-48-47-53(6,7)58-11/h50H,12-49H2,1-11H3,(H,56,57). The molecule has 0 saturated heterocycles. The summed E-state index contributed by atoms with van der Waals surface area (Å²) in [6, 6.07) is 0.309.